The van der Waals surface area contributed by atoms with Crippen molar-refractivity contribution in [3.8, 4) is 0 Å². The van der Waals surface area contributed by atoms with Crippen LogP contribution >= 0.6 is 0 Å². The molecule has 66 heavy (non-hydrogen) atoms. The quantitative estimate of drug-likeness (QED) is 0.0421. The normalized spacial score (nSPS) is 14.2. The number of aliphatic hydroxyl groups excluding tert-OH is 2. The minimum absolute atomic E-state index is 0.113. The van der Waals surface area contributed by atoms with Crippen molar-refractivity contribution >= 4 is 5.91 Å². The zero-order valence-corrected chi connectivity index (χ0v) is 42.4. The van der Waals surface area contributed by atoms with Gasteiger partial charge in [-0.25, -0.2) is 0 Å². The summed E-state index contributed by atoms with van der Waals surface area (Å²) in [5, 5.41) is 23.0. The van der Waals surface area contributed by atoms with Gasteiger partial charge in [-0.3, -0.25) is 4.79 Å². The smallest absolute Gasteiger partial charge is 0.220 e. The summed E-state index contributed by atoms with van der Waals surface area (Å²) in [6.07, 6.45) is 89.5. The Labute approximate surface area is 407 Å². The number of amides is 1. The van der Waals surface area contributed by atoms with Gasteiger partial charge < -0.3 is 15.5 Å². The number of carbonyl (C=O) groups is 1. The third kappa shape index (κ3) is 51.0. The molecule has 0 bridgehead atoms. The fraction of sp³-hybridized carbons (Fsp3) is 0.565. The van der Waals surface area contributed by atoms with Crippen LogP contribution in [0.3, 0.4) is 0 Å². The van der Waals surface area contributed by atoms with Gasteiger partial charge in [0.15, 0.2) is 0 Å². The van der Waals surface area contributed by atoms with Crippen LogP contribution < -0.4 is 5.32 Å². The Morgan fingerprint density at radius 2 is 0.667 bits per heavy atom. The first-order valence-electron chi connectivity index (χ1n) is 26.7. The molecule has 2 atom stereocenters. The molecule has 0 fully saturated rings. The van der Waals surface area contributed by atoms with Crippen LogP contribution in [0, 0.1) is 0 Å². The van der Waals surface area contributed by atoms with Gasteiger partial charge in [0.25, 0.3) is 0 Å². The van der Waals surface area contributed by atoms with Crippen molar-refractivity contribution in [1.82, 2.24) is 5.32 Å². The summed E-state index contributed by atoms with van der Waals surface area (Å²) >= 11 is 0. The maximum Gasteiger partial charge on any atom is 0.220 e. The van der Waals surface area contributed by atoms with Crippen LogP contribution in [0.15, 0.2) is 158 Å². The zero-order valence-electron chi connectivity index (χ0n) is 42.4. The van der Waals surface area contributed by atoms with Crippen molar-refractivity contribution in [2.24, 2.45) is 0 Å². The molecule has 0 aromatic heterocycles. The highest BCUT2D eigenvalue weighted by Gasteiger charge is 2.17. The molecule has 4 heteroatoms. The summed E-state index contributed by atoms with van der Waals surface area (Å²) < 4.78 is 0. The number of rotatable bonds is 46. The van der Waals surface area contributed by atoms with Crippen LogP contribution in [0.25, 0.3) is 0 Å². The lowest BCUT2D eigenvalue weighted by molar-refractivity contribution is -0.123. The van der Waals surface area contributed by atoms with Crippen molar-refractivity contribution in [2.45, 2.75) is 219 Å². The Bertz CT molecular complexity index is 1440. The number of aliphatic hydroxyl groups is 2. The minimum atomic E-state index is -0.868. The topological polar surface area (TPSA) is 69.6 Å². The molecule has 370 valence electrons. The second-order valence-corrected chi connectivity index (χ2v) is 17.2. The molecule has 0 heterocycles. The summed E-state index contributed by atoms with van der Waals surface area (Å²) in [6.45, 7) is 4.16. The van der Waals surface area contributed by atoms with E-state index in [1.807, 2.05) is 6.08 Å². The van der Waals surface area contributed by atoms with Crippen LogP contribution in [0.4, 0.5) is 0 Å². The summed E-state index contributed by atoms with van der Waals surface area (Å²) in [4.78, 5) is 12.4. The van der Waals surface area contributed by atoms with Crippen molar-refractivity contribution in [2.75, 3.05) is 6.61 Å². The molecular weight excluding hydrogens is 807 g/mol. The molecule has 0 aliphatic heterocycles. The van der Waals surface area contributed by atoms with Gasteiger partial charge in [-0.05, 0) is 109 Å². The van der Waals surface area contributed by atoms with E-state index in [1.54, 1.807) is 6.08 Å². The van der Waals surface area contributed by atoms with Gasteiger partial charge in [0.1, 0.15) is 0 Å². The third-order valence-corrected chi connectivity index (χ3v) is 11.0. The first-order chi connectivity index (χ1) is 32.7. The Morgan fingerprint density at radius 1 is 0.379 bits per heavy atom. The molecule has 0 aromatic rings. The first-order valence-corrected chi connectivity index (χ1v) is 26.7. The van der Waals surface area contributed by atoms with Gasteiger partial charge in [-0.2, -0.15) is 0 Å². The Balaban J connectivity index is 3.75. The first kappa shape index (κ1) is 62.0. The molecule has 0 aliphatic carbocycles. The van der Waals surface area contributed by atoms with E-state index in [-0.39, 0.29) is 12.5 Å². The number of allylic oxidation sites excluding steroid dienone is 25. The van der Waals surface area contributed by atoms with Crippen LogP contribution in [0.1, 0.15) is 206 Å². The lowest BCUT2D eigenvalue weighted by Crippen LogP contribution is -2.45. The molecule has 0 spiro atoms. The SMILES string of the molecule is CC/C=C\C/C=C\C/C=C\C/C=C\C/C=C\C/C=C\C/C=C\C/C=C\C/C=C\C/C=C\C/C=C\C/C=C\CCCCC(=O)NC(CO)C(O)/C=C/CCCCCCCCCCCCCCC. The Morgan fingerprint density at radius 3 is 1.00 bits per heavy atom. The Hall–Kier alpha value is -3.99. The average molecular weight is 906 g/mol. The van der Waals surface area contributed by atoms with Crippen LogP contribution in [-0.2, 0) is 4.79 Å². The number of hydrogen-bond donors (Lipinski definition) is 3. The van der Waals surface area contributed by atoms with Crippen LogP contribution in [0.2, 0.25) is 0 Å². The van der Waals surface area contributed by atoms with E-state index >= 15 is 0 Å². The number of carbonyl (C=O) groups excluding carboxylic acids is 1. The maximum atomic E-state index is 12.4. The highest BCUT2D eigenvalue weighted by Crippen LogP contribution is 2.13. The van der Waals surface area contributed by atoms with E-state index in [4.69, 9.17) is 0 Å². The molecule has 1 amide bonds. The van der Waals surface area contributed by atoms with Gasteiger partial charge >= 0.3 is 0 Å². The Kier molecular flexibility index (Phi) is 52.0. The highest BCUT2D eigenvalue weighted by molar-refractivity contribution is 5.76. The highest BCUT2D eigenvalue weighted by atomic mass is 16.3. The van der Waals surface area contributed by atoms with Crippen LogP contribution in [0.5, 0.6) is 0 Å². The molecule has 4 nitrogen and oxygen atoms in total. The van der Waals surface area contributed by atoms with Gasteiger partial charge in [0.05, 0.1) is 18.8 Å². The van der Waals surface area contributed by atoms with E-state index < -0.39 is 12.1 Å². The van der Waals surface area contributed by atoms with E-state index in [2.05, 4.69) is 165 Å². The standard InChI is InChI=1S/C62H99NO3/c1-3-5-7-9-11-13-15-17-19-20-21-22-23-24-25-26-27-28-29-30-31-32-33-34-35-36-37-38-39-40-41-42-44-46-48-50-52-54-56-58-62(66)63-60(59-64)61(65)57-55-53-51-49-47-45-43-18-16-14-12-10-8-6-4-2/h5,7,11,13,17,19,21-22,24-25,27-28,30-31,33-34,36-37,39-40,42,44,48,50,55,57,60-61,64-65H,3-4,6,8-10,12,14-16,18,20,23,26,29,32,35,38,41,43,45-47,49,51-54,56,58-59H2,1-2H3,(H,63,66)/b7-5-,13-11-,19-17-,22-21-,25-24-,28-27-,31-30-,34-33-,37-36-,40-39-,44-42-,50-48-,57-55+. The lowest BCUT2D eigenvalue weighted by Gasteiger charge is -2.19. The molecule has 0 aromatic carbocycles. The number of unbranched alkanes of at least 4 members (excludes halogenated alkanes) is 15. The molecule has 0 radical (unpaired) electrons. The van der Waals surface area contributed by atoms with Gasteiger partial charge in [0, 0.05) is 6.42 Å². The van der Waals surface area contributed by atoms with Crippen LogP contribution in [-0.4, -0.2) is 34.9 Å². The average Bonchev–Trinajstić information content (AvgIpc) is 3.32. The predicted octanol–water partition coefficient (Wildman–Crippen LogP) is 17.8. The molecule has 0 saturated carbocycles. The fourth-order valence-corrected chi connectivity index (χ4v) is 6.98. The van der Waals surface area contributed by atoms with Gasteiger partial charge in [-0.15, -0.1) is 0 Å². The number of hydrogen-bond acceptors (Lipinski definition) is 3. The summed E-state index contributed by atoms with van der Waals surface area (Å²) in [5.74, 6) is -0.113. The fourth-order valence-electron chi connectivity index (χ4n) is 6.98. The molecular formula is C62H99NO3. The summed E-state index contributed by atoms with van der Waals surface area (Å²) in [6, 6.07) is -0.657. The number of nitrogens with one attached hydrogen (secondary N) is 1. The lowest BCUT2D eigenvalue weighted by atomic mass is 10.0. The molecule has 0 rings (SSSR count). The predicted molar refractivity (Wildman–Crippen MR) is 294 cm³/mol. The summed E-state index contributed by atoms with van der Waals surface area (Å²) in [7, 11) is 0. The van der Waals surface area contributed by atoms with Crippen molar-refractivity contribution < 1.29 is 15.0 Å². The van der Waals surface area contributed by atoms with E-state index in [0.29, 0.717) is 6.42 Å². The van der Waals surface area contributed by atoms with E-state index in [1.165, 1.54) is 77.0 Å². The second-order valence-electron chi connectivity index (χ2n) is 17.2. The largest absolute Gasteiger partial charge is 0.394 e. The molecule has 0 aliphatic rings. The minimum Gasteiger partial charge on any atom is -0.394 e. The van der Waals surface area contributed by atoms with Gasteiger partial charge in [0.2, 0.25) is 5.91 Å². The molecule has 0 saturated heterocycles. The zero-order chi connectivity index (χ0) is 47.7. The van der Waals surface area contributed by atoms with Crippen molar-refractivity contribution in [1.29, 1.82) is 0 Å². The van der Waals surface area contributed by atoms with Crippen molar-refractivity contribution in [3.05, 3.63) is 158 Å². The summed E-state index contributed by atoms with van der Waals surface area (Å²) in [5.41, 5.74) is 0. The molecule has 2 unspecified atom stereocenters. The van der Waals surface area contributed by atoms with Gasteiger partial charge in [-0.1, -0.05) is 249 Å². The van der Waals surface area contributed by atoms with Crippen molar-refractivity contribution in [3.63, 3.8) is 0 Å². The van der Waals surface area contributed by atoms with E-state index in [9.17, 15) is 15.0 Å². The second kappa shape index (κ2) is 55.3. The monoisotopic (exact) mass is 906 g/mol. The third-order valence-electron chi connectivity index (χ3n) is 11.0. The molecule has 3 N–H and O–H groups in total. The maximum absolute atomic E-state index is 12.4. The van der Waals surface area contributed by atoms with E-state index in [0.717, 1.165) is 109 Å².